The second kappa shape index (κ2) is 8.53. The zero-order valence-electron chi connectivity index (χ0n) is 16.1. The Bertz CT molecular complexity index is 1120. The van der Waals surface area contributed by atoms with E-state index in [2.05, 4.69) is 10.2 Å². The first-order valence-electron chi connectivity index (χ1n) is 9.64. The molecule has 0 spiro atoms. The first-order valence-corrected chi connectivity index (χ1v) is 11.1. The van der Waals surface area contributed by atoms with Crippen LogP contribution < -0.4 is 4.74 Å². The fraction of sp³-hybridized carbons (Fsp3) is 0.286. The highest BCUT2D eigenvalue weighted by Crippen LogP contribution is 2.36. The highest BCUT2D eigenvalue weighted by molar-refractivity contribution is 7.89. The fourth-order valence-electron chi connectivity index (χ4n) is 3.58. The average Bonchev–Trinajstić information content (AvgIpc) is 3.39. The van der Waals surface area contributed by atoms with Gasteiger partial charge in [-0.3, -0.25) is 5.10 Å². The summed E-state index contributed by atoms with van der Waals surface area (Å²) >= 11 is 0. The second-order valence-corrected chi connectivity index (χ2v) is 8.97. The van der Waals surface area contributed by atoms with E-state index in [0.29, 0.717) is 31.5 Å². The van der Waals surface area contributed by atoms with Crippen LogP contribution in [0.3, 0.4) is 0 Å². The minimum atomic E-state index is -3.75. The van der Waals surface area contributed by atoms with Gasteiger partial charge in [-0.05, 0) is 55.3 Å². The molecule has 9 heteroatoms. The van der Waals surface area contributed by atoms with Crippen molar-refractivity contribution < 1.29 is 21.9 Å². The van der Waals surface area contributed by atoms with Gasteiger partial charge in [-0.15, -0.1) is 0 Å². The number of rotatable bonds is 7. The van der Waals surface area contributed by atoms with E-state index in [4.69, 9.17) is 4.74 Å². The van der Waals surface area contributed by atoms with Gasteiger partial charge in [0.15, 0.2) is 11.6 Å². The van der Waals surface area contributed by atoms with Crippen molar-refractivity contribution in [3.8, 4) is 5.75 Å². The Hall–Kier alpha value is -2.78. The molecule has 0 aliphatic carbocycles. The molecule has 3 aromatic rings. The van der Waals surface area contributed by atoms with Gasteiger partial charge in [0.1, 0.15) is 5.82 Å². The third kappa shape index (κ3) is 4.22. The number of hydrogen-bond acceptors (Lipinski definition) is 4. The van der Waals surface area contributed by atoms with Crippen LogP contribution in [0.15, 0.2) is 59.5 Å². The maximum Gasteiger partial charge on any atom is 0.243 e. The van der Waals surface area contributed by atoms with Gasteiger partial charge in [-0.1, -0.05) is 12.1 Å². The summed E-state index contributed by atoms with van der Waals surface area (Å²) in [4.78, 5) is 0.0600. The van der Waals surface area contributed by atoms with Gasteiger partial charge in [0.25, 0.3) is 0 Å². The molecule has 1 atom stereocenters. The van der Waals surface area contributed by atoms with Gasteiger partial charge < -0.3 is 4.74 Å². The first kappa shape index (κ1) is 20.5. The molecule has 6 nitrogen and oxygen atoms in total. The molecule has 0 saturated carbocycles. The Balaban J connectivity index is 1.44. The lowest BCUT2D eigenvalue weighted by Gasteiger charge is -2.22. The predicted octanol–water partition coefficient (Wildman–Crippen LogP) is 3.84. The number of benzene rings is 2. The van der Waals surface area contributed by atoms with Gasteiger partial charge >= 0.3 is 0 Å². The Labute approximate surface area is 173 Å². The van der Waals surface area contributed by atoms with Crippen molar-refractivity contribution in [3.05, 3.63) is 77.6 Å². The minimum absolute atomic E-state index is 0.0600. The summed E-state index contributed by atoms with van der Waals surface area (Å²) in [6.07, 6.45) is 1.83. The zero-order chi connectivity index (χ0) is 21.1. The molecule has 1 saturated heterocycles. The summed E-state index contributed by atoms with van der Waals surface area (Å²) in [5, 5.41) is 7.20. The van der Waals surface area contributed by atoms with Crippen LogP contribution in [0.5, 0.6) is 5.75 Å². The topological polar surface area (TPSA) is 75.3 Å². The summed E-state index contributed by atoms with van der Waals surface area (Å²) in [6.45, 7) is 0.633. The fourth-order valence-corrected chi connectivity index (χ4v) is 5.24. The second-order valence-electron chi connectivity index (χ2n) is 7.07. The van der Waals surface area contributed by atoms with Crippen LogP contribution in [0, 0.1) is 11.6 Å². The van der Waals surface area contributed by atoms with E-state index >= 15 is 0 Å². The van der Waals surface area contributed by atoms with E-state index in [9.17, 15) is 17.2 Å². The van der Waals surface area contributed by atoms with Crippen LogP contribution in [-0.4, -0.2) is 36.1 Å². The molecule has 30 heavy (non-hydrogen) atoms. The van der Waals surface area contributed by atoms with Crippen LogP contribution >= 0.6 is 0 Å². The molecule has 0 bridgehead atoms. The predicted molar refractivity (Wildman–Crippen MR) is 106 cm³/mol. The third-order valence-electron chi connectivity index (χ3n) is 5.08. The number of aromatic amines is 1. The lowest BCUT2D eigenvalue weighted by Crippen LogP contribution is -2.30. The van der Waals surface area contributed by atoms with Crippen molar-refractivity contribution in [2.75, 3.05) is 13.2 Å². The molecule has 0 amide bonds. The number of halogens is 2. The minimum Gasteiger partial charge on any atom is -0.490 e. The van der Waals surface area contributed by atoms with Gasteiger partial charge in [-0.2, -0.15) is 9.40 Å². The molecule has 2 heterocycles. The molecule has 158 valence electrons. The number of hydrogen-bond donors (Lipinski definition) is 1. The van der Waals surface area contributed by atoms with Crippen molar-refractivity contribution in [2.45, 2.75) is 30.2 Å². The molecule has 2 aromatic carbocycles. The molecule has 1 aliphatic heterocycles. The van der Waals surface area contributed by atoms with E-state index in [1.165, 1.54) is 22.5 Å². The molecule has 4 rings (SSSR count). The van der Waals surface area contributed by atoms with Crippen LogP contribution in [0.4, 0.5) is 8.78 Å². The van der Waals surface area contributed by atoms with E-state index < -0.39 is 27.7 Å². The molecule has 1 fully saturated rings. The van der Waals surface area contributed by atoms with Gasteiger partial charge in [0, 0.05) is 18.7 Å². The normalized spacial score (nSPS) is 17.3. The van der Waals surface area contributed by atoms with Gasteiger partial charge in [-0.25, -0.2) is 17.2 Å². The molecular formula is C21H21F2N3O3S. The lowest BCUT2D eigenvalue weighted by atomic mass is 10.1. The van der Waals surface area contributed by atoms with Crippen molar-refractivity contribution in [1.29, 1.82) is 0 Å². The number of nitrogens with zero attached hydrogens (tertiary/aromatic N) is 2. The summed E-state index contributed by atoms with van der Waals surface area (Å²) < 4.78 is 59.7. The maximum absolute atomic E-state index is 13.6. The maximum atomic E-state index is 13.6. The van der Waals surface area contributed by atoms with Crippen LogP contribution in [0.2, 0.25) is 0 Å². The molecular weight excluding hydrogens is 412 g/mol. The number of aromatic nitrogens is 2. The van der Waals surface area contributed by atoms with Crippen molar-refractivity contribution >= 4 is 10.0 Å². The first-order chi connectivity index (χ1) is 14.4. The zero-order valence-corrected chi connectivity index (χ0v) is 16.9. The number of H-pyrrole nitrogens is 1. The SMILES string of the molecule is O=S(=O)(c1ccc(F)cc1)N1CCCC1c1cc(CCOc2ccccc2F)[nH]n1. The number of para-hydroxylation sites is 1. The molecule has 1 N–H and O–H groups in total. The summed E-state index contributed by atoms with van der Waals surface area (Å²) in [5.41, 5.74) is 1.39. The van der Waals surface area contributed by atoms with Crippen molar-refractivity contribution in [2.24, 2.45) is 0 Å². The van der Waals surface area contributed by atoms with Crippen molar-refractivity contribution in [3.63, 3.8) is 0 Å². The summed E-state index contributed by atoms with van der Waals surface area (Å²) in [5.74, 6) is -0.721. The highest BCUT2D eigenvalue weighted by Gasteiger charge is 2.37. The quantitative estimate of drug-likeness (QED) is 0.614. The van der Waals surface area contributed by atoms with Crippen LogP contribution in [0.1, 0.15) is 30.3 Å². The molecule has 1 aromatic heterocycles. The smallest absolute Gasteiger partial charge is 0.243 e. The largest absolute Gasteiger partial charge is 0.490 e. The van der Waals surface area contributed by atoms with Crippen molar-refractivity contribution in [1.82, 2.24) is 14.5 Å². The van der Waals surface area contributed by atoms with E-state index in [1.807, 2.05) is 6.07 Å². The van der Waals surface area contributed by atoms with Crippen LogP contribution in [0.25, 0.3) is 0 Å². The molecule has 1 aliphatic rings. The van der Waals surface area contributed by atoms with Crippen LogP contribution in [-0.2, 0) is 16.4 Å². The average molecular weight is 433 g/mol. The lowest BCUT2D eigenvalue weighted by molar-refractivity contribution is 0.304. The van der Waals surface area contributed by atoms with Gasteiger partial charge in [0.2, 0.25) is 10.0 Å². The van der Waals surface area contributed by atoms with E-state index in [1.54, 1.807) is 18.2 Å². The van der Waals surface area contributed by atoms with Gasteiger partial charge in [0.05, 0.1) is 23.2 Å². The standard InChI is InChI=1S/C21H21F2N3O3S/c22-15-7-9-17(10-8-15)30(27,28)26-12-3-5-20(26)19-14-16(24-25-19)11-13-29-21-6-2-1-4-18(21)23/h1-2,4,6-10,14,20H,3,5,11-13H2,(H,24,25). The Morgan fingerprint density at radius 3 is 2.67 bits per heavy atom. The Kier molecular flexibility index (Phi) is 5.83. The van der Waals surface area contributed by atoms with E-state index in [0.717, 1.165) is 17.8 Å². The number of nitrogens with one attached hydrogen (secondary N) is 1. The van der Waals surface area contributed by atoms with E-state index in [-0.39, 0.29) is 17.3 Å². The molecule has 0 radical (unpaired) electrons. The number of sulfonamides is 1. The summed E-state index contributed by atoms with van der Waals surface area (Å²) in [7, 11) is -3.75. The summed E-state index contributed by atoms with van der Waals surface area (Å²) in [6, 6.07) is 12.4. The molecule has 1 unspecified atom stereocenters. The monoisotopic (exact) mass is 433 g/mol. The Morgan fingerprint density at radius 1 is 1.13 bits per heavy atom. The Morgan fingerprint density at radius 2 is 1.90 bits per heavy atom. The third-order valence-corrected chi connectivity index (χ3v) is 7.00. The highest BCUT2D eigenvalue weighted by atomic mass is 32.2. The number of ether oxygens (including phenoxy) is 1.